The van der Waals surface area contributed by atoms with Gasteiger partial charge in [0, 0.05) is 22.0 Å². The lowest BCUT2D eigenvalue weighted by atomic mass is 10.2. The molecule has 2 heterocycles. The number of hydrogen-bond acceptors (Lipinski definition) is 3. The van der Waals surface area contributed by atoms with Crippen molar-refractivity contribution in [3.63, 3.8) is 0 Å². The van der Waals surface area contributed by atoms with Crippen molar-refractivity contribution in [1.29, 1.82) is 0 Å². The Kier molecular flexibility index (Phi) is 3.87. The molecule has 0 bridgehead atoms. The van der Waals surface area contributed by atoms with Gasteiger partial charge in [-0.3, -0.25) is 4.79 Å². The highest BCUT2D eigenvalue weighted by molar-refractivity contribution is 7.10. The SMILES string of the molecule is O=c1c2ccccc2ccn1Cc1sccc1C#CCO. The first-order valence-corrected chi connectivity index (χ1v) is 7.42. The summed E-state index contributed by atoms with van der Waals surface area (Å²) in [6.45, 7) is 0.335. The van der Waals surface area contributed by atoms with E-state index < -0.39 is 0 Å². The molecule has 0 aliphatic rings. The van der Waals surface area contributed by atoms with Crippen LogP contribution in [-0.4, -0.2) is 16.3 Å². The average Bonchev–Trinajstić information content (AvgIpc) is 2.95. The van der Waals surface area contributed by atoms with Crippen LogP contribution in [0.15, 0.2) is 52.8 Å². The number of thiophene rings is 1. The third-order valence-corrected chi connectivity index (χ3v) is 4.15. The summed E-state index contributed by atoms with van der Waals surface area (Å²) in [5, 5.41) is 12.4. The maximum atomic E-state index is 12.5. The zero-order chi connectivity index (χ0) is 14.7. The van der Waals surface area contributed by atoms with Crippen molar-refractivity contribution in [2.24, 2.45) is 0 Å². The van der Waals surface area contributed by atoms with Gasteiger partial charge in [-0.2, -0.15) is 0 Å². The predicted octanol–water partition coefficient (Wildman–Crippen LogP) is 2.46. The minimum Gasteiger partial charge on any atom is -0.384 e. The van der Waals surface area contributed by atoms with Gasteiger partial charge in [-0.25, -0.2) is 0 Å². The fourth-order valence-corrected chi connectivity index (χ4v) is 3.05. The van der Waals surface area contributed by atoms with Crippen LogP contribution in [0.2, 0.25) is 0 Å². The normalized spacial score (nSPS) is 10.3. The van der Waals surface area contributed by atoms with Gasteiger partial charge in [0.25, 0.3) is 5.56 Å². The van der Waals surface area contributed by atoms with E-state index in [1.165, 1.54) is 0 Å². The van der Waals surface area contributed by atoms with Gasteiger partial charge >= 0.3 is 0 Å². The number of aliphatic hydroxyl groups is 1. The molecule has 4 heteroatoms. The number of hydrogen-bond donors (Lipinski definition) is 1. The van der Waals surface area contributed by atoms with Crippen molar-refractivity contribution >= 4 is 22.1 Å². The topological polar surface area (TPSA) is 42.2 Å². The van der Waals surface area contributed by atoms with Crippen LogP contribution in [0.3, 0.4) is 0 Å². The van der Waals surface area contributed by atoms with E-state index >= 15 is 0 Å². The fourth-order valence-electron chi connectivity index (χ4n) is 2.22. The minimum absolute atomic E-state index is 0.00238. The van der Waals surface area contributed by atoms with Crippen LogP contribution in [0.4, 0.5) is 0 Å². The summed E-state index contributed by atoms with van der Waals surface area (Å²) in [5.41, 5.74) is 0.872. The van der Waals surface area contributed by atoms with Gasteiger partial charge in [0.1, 0.15) is 6.61 Å². The lowest BCUT2D eigenvalue weighted by molar-refractivity contribution is 0.350. The molecule has 104 valence electrons. The summed E-state index contributed by atoms with van der Waals surface area (Å²) in [5.74, 6) is 5.56. The van der Waals surface area contributed by atoms with Crippen LogP contribution in [0.5, 0.6) is 0 Å². The maximum Gasteiger partial charge on any atom is 0.258 e. The monoisotopic (exact) mass is 295 g/mol. The van der Waals surface area contributed by atoms with Crippen molar-refractivity contribution in [3.05, 3.63) is 68.8 Å². The predicted molar refractivity (Wildman–Crippen MR) is 85.6 cm³/mol. The Balaban J connectivity index is 2.01. The van der Waals surface area contributed by atoms with Crippen LogP contribution in [0, 0.1) is 11.8 Å². The van der Waals surface area contributed by atoms with E-state index in [0.29, 0.717) is 6.54 Å². The van der Waals surface area contributed by atoms with Gasteiger partial charge in [0.15, 0.2) is 0 Å². The molecule has 0 saturated heterocycles. The van der Waals surface area contributed by atoms with Crippen LogP contribution in [0.1, 0.15) is 10.4 Å². The molecule has 0 fully saturated rings. The summed E-state index contributed by atoms with van der Waals surface area (Å²) < 4.78 is 1.69. The van der Waals surface area contributed by atoms with Gasteiger partial charge in [0.05, 0.1) is 6.54 Å². The van der Waals surface area contributed by atoms with E-state index in [-0.39, 0.29) is 12.2 Å². The largest absolute Gasteiger partial charge is 0.384 e. The fraction of sp³-hybridized carbons (Fsp3) is 0.118. The number of fused-ring (bicyclic) bond motifs is 1. The van der Waals surface area contributed by atoms with E-state index in [1.807, 2.05) is 48.0 Å². The number of aromatic nitrogens is 1. The molecule has 0 aliphatic carbocycles. The molecule has 1 aromatic carbocycles. The molecule has 3 nitrogen and oxygen atoms in total. The first-order chi connectivity index (χ1) is 10.3. The Morgan fingerprint density at radius 2 is 2.05 bits per heavy atom. The first kappa shape index (κ1) is 13.6. The smallest absolute Gasteiger partial charge is 0.258 e. The number of benzene rings is 1. The highest BCUT2D eigenvalue weighted by Crippen LogP contribution is 2.17. The van der Waals surface area contributed by atoms with Gasteiger partial charge in [0.2, 0.25) is 0 Å². The molecular formula is C17H13NO2S. The Bertz CT molecular complexity index is 896. The quantitative estimate of drug-likeness (QED) is 0.738. The van der Waals surface area contributed by atoms with E-state index in [2.05, 4.69) is 11.8 Å². The van der Waals surface area contributed by atoms with Gasteiger partial charge in [-0.15, -0.1) is 11.3 Å². The Hall–Kier alpha value is -2.35. The summed E-state index contributed by atoms with van der Waals surface area (Å²) in [6.07, 6.45) is 1.81. The lowest BCUT2D eigenvalue weighted by Crippen LogP contribution is -2.19. The molecule has 2 aromatic heterocycles. The summed E-state index contributed by atoms with van der Waals surface area (Å²) in [7, 11) is 0. The third-order valence-electron chi connectivity index (χ3n) is 3.25. The maximum absolute atomic E-state index is 12.5. The number of pyridine rings is 1. The van der Waals surface area contributed by atoms with Crippen molar-refractivity contribution < 1.29 is 5.11 Å². The van der Waals surface area contributed by atoms with Crippen molar-refractivity contribution in [2.75, 3.05) is 6.61 Å². The van der Waals surface area contributed by atoms with Crippen molar-refractivity contribution in [2.45, 2.75) is 6.54 Å². The number of rotatable bonds is 2. The summed E-state index contributed by atoms with van der Waals surface area (Å²) >= 11 is 1.57. The van der Waals surface area contributed by atoms with Crippen molar-refractivity contribution in [1.82, 2.24) is 4.57 Å². The molecule has 1 N–H and O–H groups in total. The lowest BCUT2D eigenvalue weighted by Gasteiger charge is -2.06. The molecule has 0 atom stereocenters. The molecule has 0 spiro atoms. The first-order valence-electron chi connectivity index (χ1n) is 6.54. The average molecular weight is 295 g/mol. The Morgan fingerprint density at radius 1 is 1.19 bits per heavy atom. The molecule has 21 heavy (non-hydrogen) atoms. The molecule has 0 aliphatic heterocycles. The highest BCUT2D eigenvalue weighted by atomic mass is 32.1. The molecular weight excluding hydrogens is 282 g/mol. The Morgan fingerprint density at radius 3 is 2.90 bits per heavy atom. The van der Waals surface area contributed by atoms with E-state index in [4.69, 9.17) is 5.11 Å². The minimum atomic E-state index is -0.161. The van der Waals surface area contributed by atoms with E-state index in [9.17, 15) is 4.79 Å². The number of aliphatic hydroxyl groups excluding tert-OH is 1. The molecule has 0 amide bonds. The van der Waals surface area contributed by atoms with Crippen LogP contribution in [-0.2, 0) is 6.54 Å². The number of nitrogens with zero attached hydrogens (tertiary/aromatic N) is 1. The molecule has 0 unspecified atom stereocenters. The van der Waals surface area contributed by atoms with Gasteiger partial charge < -0.3 is 9.67 Å². The molecule has 3 rings (SSSR count). The van der Waals surface area contributed by atoms with Crippen LogP contribution in [0.25, 0.3) is 10.8 Å². The van der Waals surface area contributed by atoms with Crippen molar-refractivity contribution in [3.8, 4) is 11.8 Å². The summed E-state index contributed by atoms with van der Waals surface area (Å²) in [6, 6.07) is 11.4. The van der Waals surface area contributed by atoms with Crippen LogP contribution >= 0.6 is 11.3 Å². The van der Waals surface area contributed by atoms with E-state index in [1.54, 1.807) is 15.9 Å². The van der Waals surface area contributed by atoms with Crippen LogP contribution < -0.4 is 5.56 Å². The zero-order valence-electron chi connectivity index (χ0n) is 11.2. The molecule has 3 aromatic rings. The third kappa shape index (κ3) is 2.75. The molecule has 0 saturated carbocycles. The second-order valence-corrected chi connectivity index (χ2v) is 5.55. The standard InChI is InChI=1S/C17H13NO2S/c19-10-3-5-14-8-11-21-16(14)12-18-9-7-13-4-1-2-6-15(13)17(18)20/h1-2,4,6-9,11,19H,10,12H2. The second kappa shape index (κ2) is 5.96. The van der Waals surface area contributed by atoms with Gasteiger partial charge in [-0.05, 0) is 29.0 Å². The second-order valence-electron chi connectivity index (χ2n) is 4.55. The van der Waals surface area contributed by atoms with Gasteiger partial charge in [-0.1, -0.05) is 30.0 Å². The molecule has 0 radical (unpaired) electrons. The highest BCUT2D eigenvalue weighted by Gasteiger charge is 2.06. The van der Waals surface area contributed by atoms with E-state index in [0.717, 1.165) is 21.2 Å². The summed E-state index contributed by atoms with van der Waals surface area (Å²) in [4.78, 5) is 13.5. The Labute approximate surface area is 126 Å². The zero-order valence-corrected chi connectivity index (χ0v) is 12.1.